The maximum Gasteiger partial charge on any atom is 0.0396 e. The summed E-state index contributed by atoms with van der Waals surface area (Å²) >= 11 is 0. The quantitative estimate of drug-likeness (QED) is 0.448. The molecule has 1 rings (SSSR count). The van der Waals surface area contributed by atoms with Gasteiger partial charge in [-0.2, -0.15) is 0 Å². The first kappa shape index (κ1) is 10.3. The summed E-state index contributed by atoms with van der Waals surface area (Å²) in [6.07, 6.45) is 9.13. The summed E-state index contributed by atoms with van der Waals surface area (Å²) in [4.78, 5) is 0. The van der Waals surface area contributed by atoms with E-state index in [0.29, 0.717) is 0 Å². The second kappa shape index (κ2) is 5.79. The highest BCUT2D eigenvalue weighted by molar-refractivity contribution is 6.61. The van der Waals surface area contributed by atoms with Gasteiger partial charge >= 0.3 is 0 Å². The second-order valence-corrected chi connectivity index (χ2v) is 8.21. The maximum absolute atomic E-state index is 2.43. The molecule has 2 atom stereocenters. The zero-order valence-electron chi connectivity index (χ0n) is 8.81. The van der Waals surface area contributed by atoms with Crippen LogP contribution in [0.3, 0.4) is 0 Å². The van der Waals surface area contributed by atoms with Crippen molar-refractivity contribution in [3.8, 4) is 0 Å². The normalized spacial score (nSPS) is 29.5. The van der Waals surface area contributed by atoms with Crippen LogP contribution in [-0.4, -0.2) is 8.80 Å². The molecule has 0 aromatic rings. The topological polar surface area (TPSA) is 0 Å². The molecule has 1 heteroatoms. The first-order valence-electron chi connectivity index (χ1n) is 5.88. The second-order valence-electron chi connectivity index (χ2n) is 4.36. The van der Waals surface area contributed by atoms with Gasteiger partial charge in [-0.05, 0) is 5.54 Å². The van der Waals surface area contributed by atoms with E-state index in [4.69, 9.17) is 0 Å². The van der Waals surface area contributed by atoms with Crippen molar-refractivity contribution in [2.24, 2.45) is 0 Å². The minimum Gasteiger partial charge on any atom is -0.0680 e. The van der Waals surface area contributed by atoms with Gasteiger partial charge in [-0.3, -0.25) is 0 Å². The Kier molecular flexibility index (Phi) is 4.97. The molecule has 1 saturated heterocycles. The highest BCUT2D eigenvalue weighted by atomic mass is 28.3. The molecule has 0 aliphatic carbocycles. The Balaban J connectivity index is 2.12. The predicted molar refractivity (Wildman–Crippen MR) is 59.6 cm³/mol. The predicted octanol–water partition coefficient (Wildman–Crippen LogP) is 3.98. The number of hydrogen-bond donors (Lipinski definition) is 0. The molecule has 0 nitrogen and oxygen atoms in total. The molecule has 0 amide bonds. The van der Waals surface area contributed by atoms with E-state index in [9.17, 15) is 0 Å². The van der Waals surface area contributed by atoms with Crippen molar-refractivity contribution in [3.63, 3.8) is 0 Å². The van der Waals surface area contributed by atoms with Crippen LogP contribution in [-0.2, 0) is 0 Å². The Labute approximate surface area is 79.4 Å². The lowest BCUT2D eigenvalue weighted by Crippen LogP contribution is -2.12. The van der Waals surface area contributed by atoms with Crippen molar-refractivity contribution >= 4 is 8.80 Å². The summed E-state index contributed by atoms with van der Waals surface area (Å²) in [6, 6.07) is 3.23. The minimum atomic E-state index is -0.218. The summed E-state index contributed by atoms with van der Waals surface area (Å²) in [7, 11) is -0.218. The van der Waals surface area contributed by atoms with E-state index in [0.717, 1.165) is 0 Å². The molecule has 12 heavy (non-hydrogen) atoms. The molecule has 1 heterocycles. The van der Waals surface area contributed by atoms with E-state index < -0.39 is 0 Å². The number of rotatable bonds is 5. The first-order valence-corrected chi connectivity index (χ1v) is 8.18. The van der Waals surface area contributed by atoms with E-state index in [1.165, 1.54) is 24.8 Å². The molecule has 0 bridgehead atoms. The third kappa shape index (κ3) is 2.93. The van der Waals surface area contributed by atoms with Crippen LogP contribution >= 0.6 is 0 Å². The van der Waals surface area contributed by atoms with Crippen molar-refractivity contribution < 1.29 is 0 Å². The van der Waals surface area contributed by atoms with Crippen molar-refractivity contribution in [2.45, 2.75) is 70.0 Å². The molecule has 1 aliphatic rings. The van der Waals surface area contributed by atoms with Crippen molar-refractivity contribution in [1.82, 2.24) is 0 Å². The van der Waals surface area contributed by atoms with Gasteiger partial charge < -0.3 is 0 Å². The first-order chi connectivity index (χ1) is 5.88. The van der Waals surface area contributed by atoms with Crippen molar-refractivity contribution in [3.05, 3.63) is 0 Å². The highest BCUT2D eigenvalue weighted by Gasteiger charge is 2.25. The van der Waals surface area contributed by atoms with Gasteiger partial charge in [0.2, 0.25) is 0 Å². The van der Waals surface area contributed by atoms with Gasteiger partial charge in [0.25, 0.3) is 0 Å². The van der Waals surface area contributed by atoms with Gasteiger partial charge in [0.05, 0.1) is 0 Å². The van der Waals surface area contributed by atoms with Gasteiger partial charge in [-0.25, -0.2) is 0 Å². The molecule has 0 spiro atoms. The lowest BCUT2D eigenvalue weighted by Gasteiger charge is -2.15. The Morgan fingerprint density at radius 1 is 1.25 bits per heavy atom. The van der Waals surface area contributed by atoms with Gasteiger partial charge in [-0.1, -0.05) is 64.5 Å². The third-order valence-electron chi connectivity index (χ3n) is 3.52. The molecule has 0 radical (unpaired) electrons. The monoisotopic (exact) mass is 184 g/mol. The molecule has 72 valence electrons. The fourth-order valence-electron chi connectivity index (χ4n) is 2.69. The Morgan fingerprint density at radius 3 is 2.75 bits per heavy atom. The van der Waals surface area contributed by atoms with Crippen LogP contribution < -0.4 is 0 Å². The molecule has 2 unspecified atom stereocenters. The average molecular weight is 184 g/mol. The Morgan fingerprint density at radius 2 is 2.08 bits per heavy atom. The molecule has 0 N–H and O–H groups in total. The fourth-order valence-corrected chi connectivity index (χ4v) is 6.41. The van der Waals surface area contributed by atoms with Crippen molar-refractivity contribution in [2.75, 3.05) is 0 Å². The van der Waals surface area contributed by atoms with Crippen LogP contribution in [0.5, 0.6) is 0 Å². The maximum atomic E-state index is 2.43. The van der Waals surface area contributed by atoms with Gasteiger partial charge in [-0.15, -0.1) is 0 Å². The Bertz CT molecular complexity index is 112. The zero-order valence-corrected chi connectivity index (χ0v) is 9.97. The molecule has 0 aromatic carbocycles. The summed E-state index contributed by atoms with van der Waals surface area (Å²) in [5.41, 5.74) is 1.24. The van der Waals surface area contributed by atoms with Crippen LogP contribution in [0.25, 0.3) is 0 Å². The summed E-state index contributed by atoms with van der Waals surface area (Å²) < 4.78 is 0. The molecular weight excluding hydrogens is 160 g/mol. The summed E-state index contributed by atoms with van der Waals surface area (Å²) in [6.45, 7) is 4.73. The van der Waals surface area contributed by atoms with Gasteiger partial charge in [0.1, 0.15) is 0 Å². The number of unbranched alkanes of at least 4 members (excludes halogenated alkanes) is 2. The molecule has 0 saturated carbocycles. The Hall–Kier alpha value is 0.217. The lowest BCUT2D eigenvalue weighted by molar-refractivity contribution is 0.615. The van der Waals surface area contributed by atoms with Crippen LogP contribution in [0, 0.1) is 0 Å². The van der Waals surface area contributed by atoms with Crippen LogP contribution in [0.4, 0.5) is 0 Å². The van der Waals surface area contributed by atoms with E-state index in [1.54, 1.807) is 31.4 Å². The lowest BCUT2D eigenvalue weighted by atomic mass is 10.1. The van der Waals surface area contributed by atoms with E-state index in [1.807, 2.05) is 0 Å². The van der Waals surface area contributed by atoms with Crippen LogP contribution in [0.2, 0.25) is 17.6 Å². The molecule has 1 aliphatic heterocycles. The smallest absolute Gasteiger partial charge is 0.0396 e. The van der Waals surface area contributed by atoms with Crippen LogP contribution in [0.1, 0.15) is 52.4 Å². The average Bonchev–Trinajstić information content (AvgIpc) is 2.52. The zero-order chi connectivity index (χ0) is 8.81. The fraction of sp³-hybridized carbons (Fsp3) is 1.00. The van der Waals surface area contributed by atoms with E-state index >= 15 is 0 Å². The van der Waals surface area contributed by atoms with Crippen LogP contribution in [0.15, 0.2) is 0 Å². The highest BCUT2D eigenvalue weighted by Crippen LogP contribution is 2.36. The molecule has 1 fully saturated rings. The van der Waals surface area contributed by atoms with Gasteiger partial charge in [0, 0.05) is 8.80 Å². The van der Waals surface area contributed by atoms with Gasteiger partial charge in [0.15, 0.2) is 0 Å². The summed E-state index contributed by atoms with van der Waals surface area (Å²) in [5.74, 6) is 0. The standard InChI is InChI=1S/C11H24Si/c1-3-5-6-8-11-9-7-10-12(11)4-2/h11-12H,3-10H2,1-2H3. The van der Waals surface area contributed by atoms with E-state index in [-0.39, 0.29) is 8.80 Å². The minimum absolute atomic E-state index is 0.218. The largest absolute Gasteiger partial charge is 0.0680 e. The third-order valence-corrected chi connectivity index (χ3v) is 7.72. The SMILES string of the molecule is CCCCCC1CCC[SiH]1CC. The number of hydrogen-bond acceptors (Lipinski definition) is 0. The van der Waals surface area contributed by atoms with Crippen molar-refractivity contribution in [1.29, 1.82) is 0 Å². The summed E-state index contributed by atoms with van der Waals surface area (Å²) in [5, 5.41) is 0. The molecule has 0 aromatic heterocycles. The molecular formula is C11H24Si. The van der Waals surface area contributed by atoms with E-state index in [2.05, 4.69) is 13.8 Å².